The quantitative estimate of drug-likeness (QED) is 0.859. The molecule has 20 heavy (non-hydrogen) atoms. The molecule has 1 aromatic heterocycles. The molecule has 1 amide bonds. The highest BCUT2D eigenvalue weighted by Crippen LogP contribution is 2.29. The smallest absolute Gasteiger partial charge is 0.217 e. The van der Waals surface area contributed by atoms with Crippen LogP contribution in [0.1, 0.15) is 38.2 Å². The van der Waals surface area contributed by atoms with E-state index in [2.05, 4.69) is 30.1 Å². The Bertz CT molecular complexity index is 500. The van der Waals surface area contributed by atoms with Crippen molar-refractivity contribution in [3.8, 4) is 0 Å². The van der Waals surface area contributed by atoms with Crippen LogP contribution in [0.5, 0.6) is 0 Å². The molecule has 0 spiro atoms. The Morgan fingerprint density at radius 1 is 1.40 bits per heavy atom. The molecule has 1 aromatic rings. The maximum Gasteiger partial charge on any atom is 0.217 e. The summed E-state index contributed by atoms with van der Waals surface area (Å²) in [5.74, 6) is 2.15. The number of carbonyl (C=O) groups is 1. The van der Waals surface area contributed by atoms with E-state index in [1.165, 1.54) is 5.57 Å². The van der Waals surface area contributed by atoms with Gasteiger partial charge in [0.05, 0.1) is 12.0 Å². The number of allylic oxidation sites excluding steroid dienone is 1. The van der Waals surface area contributed by atoms with Crippen LogP contribution in [0.4, 0.5) is 0 Å². The fourth-order valence-electron chi connectivity index (χ4n) is 2.69. The molecule has 4 heteroatoms. The number of rotatable bonds is 4. The van der Waals surface area contributed by atoms with E-state index in [9.17, 15) is 4.79 Å². The second kappa shape index (κ2) is 6.27. The molecule has 1 saturated heterocycles. The van der Waals surface area contributed by atoms with Crippen molar-refractivity contribution in [1.29, 1.82) is 0 Å². The lowest BCUT2D eigenvalue weighted by molar-refractivity contribution is -0.119. The van der Waals surface area contributed by atoms with Crippen LogP contribution in [0, 0.1) is 6.92 Å². The zero-order chi connectivity index (χ0) is 14.7. The van der Waals surface area contributed by atoms with E-state index >= 15 is 0 Å². The first-order valence-corrected chi connectivity index (χ1v) is 7.15. The second-order valence-corrected chi connectivity index (χ2v) is 5.86. The van der Waals surface area contributed by atoms with Gasteiger partial charge in [0.2, 0.25) is 5.91 Å². The van der Waals surface area contributed by atoms with Crippen molar-refractivity contribution in [2.75, 3.05) is 19.6 Å². The third-order valence-corrected chi connectivity index (χ3v) is 3.67. The van der Waals surface area contributed by atoms with E-state index in [-0.39, 0.29) is 17.9 Å². The highest BCUT2D eigenvalue weighted by molar-refractivity contribution is 5.73. The van der Waals surface area contributed by atoms with E-state index in [1.807, 2.05) is 19.1 Å². The van der Waals surface area contributed by atoms with Gasteiger partial charge in [-0.15, -0.1) is 0 Å². The van der Waals surface area contributed by atoms with Crippen molar-refractivity contribution < 1.29 is 9.21 Å². The monoisotopic (exact) mass is 276 g/mol. The van der Waals surface area contributed by atoms with Crippen molar-refractivity contribution in [3.63, 3.8) is 0 Å². The van der Waals surface area contributed by atoms with Crippen LogP contribution in [-0.2, 0) is 4.79 Å². The summed E-state index contributed by atoms with van der Waals surface area (Å²) in [5, 5.41) is 3.06. The van der Waals surface area contributed by atoms with E-state index in [4.69, 9.17) is 4.42 Å². The average Bonchev–Trinajstić information content (AvgIpc) is 2.92. The molecule has 2 atom stereocenters. The van der Waals surface area contributed by atoms with E-state index in [1.54, 1.807) is 6.92 Å². The summed E-state index contributed by atoms with van der Waals surface area (Å²) in [4.78, 5) is 13.7. The molecule has 1 N–H and O–H groups in total. The van der Waals surface area contributed by atoms with Gasteiger partial charge in [-0.25, -0.2) is 0 Å². The molecule has 2 rings (SSSR count). The number of likely N-dealkylation sites (tertiary alicyclic amines) is 1. The zero-order valence-electron chi connectivity index (χ0n) is 12.8. The number of amides is 1. The van der Waals surface area contributed by atoms with Crippen molar-refractivity contribution in [3.05, 3.63) is 35.3 Å². The zero-order valence-corrected chi connectivity index (χ0v) is 12.8. The van der Waals surface area contributed by atoms with Crippen LogP contribution in [0.25, 0.3) is 0 Å². The molecule has 4 nitrogen and oxygen atoms in total. The Morgan fingerprint density at radius 3 is 2.70 bits per heavy atom. The van der Waals surface area contributed by atoms with E-state index in [0.29, 0.717) is 0 Å². The predicted molar refractivity (Wildman–Crippen MR) is 79.7 cm³/mol. The summed E-state index contributed by atoms with van der Waals surface area (Å²) in [6.45, 7) is 10.4. The molecule has 0 unspecified atom stereocenters. The summed E-state index contributed by atoms with van der Waals surface area (Å²) in [7, 11) is 0. The van der Waals surface area contributed by atoms with Crippen molar-refractivity contribution in [2.45, 2.75) is 39.7 Å². The molecule has 0 aromatic carbocycles. The van der Waals surface area contributed by atoms with Crippen LogP contribution in [-0.4, -0.2) is 36.5 Å². The number of nitrogens with zero attached hydrogens (tertiary/aromatic N) is 1. The first kappa shape index (κ1) is 14.9. The lowest BCUT2D eigenvalue weighted by Crippen LogP contribution is -2.38. The van der Waals surface area contributed by atoms with Gasteiger partial charge in [0.1, 0.15) is 11.5 Å². The van der Waals surface area contributed by atoms with Gasteiger partial charge in [0, 0.05) is 26.6 Å². The van der Waals surface area contributed by atoms with Gasteiger partial charge < -0.3 is 9.73 Å². The number of carbonyl (C=O) groups excluding carboxylic acids is 1. The molecule has 1 fully saturated rings. The molecule has 110 valence electrons. The first-order valence-electron chi connectivity index (χ1n) is 7.15. The molecule has 1 aliphatic heterocycles. The van der Waals surface area contributed by atoms with Gasteiger partial charge in [-0.05, 0) is 32.9 Å². The summed E-state index contributed by atoms with van der Waals surface area (Å²) in [6, 6.07) is 4.14. The Balaban J connectivity index is 2.10. The maximum atomic E-state index is 11.4. The largest absolute Gasteiger partial charge is 0.466 e. The minimum atomic E-state index is 0.0207. The van der Waals surface area contributed by atoms with E-state index < -0.39 is 0 Å². The first-order chi connectivity index (χ1) is 9.45. The summed E-state index contributed by atoms with van der Waals surface area (Å²) in [5.41, 5.74) is 1.32. The van der Waals surface area contributed by atoms with Gasteiger partial charge in [-0.1, -0.05) is 11.6 Å². The molecular weight excluding hydrogens is 252 g/mol. The van der Waals surface area contributed by atoms with Gasteiger partial charge in [0.15, 0.2) is 0 Å². The summed E-state index contributed by atoms with van der Waals surface area (Å²) < 4.78 is 5.76. The van der Waals surface area contributed by atoms with Crippen molar-refractivity contribution in [2.24, 2.45) is 0 Å². The summed E-state index contributed by atoms with van der Waals surface area (Å²) in [6.07, 6.45) is 2.22. The number of furan rings is 1. The third kappa shape index (κ3) is 3.73. The molecular formula is C16H24N2O2. The lowest BCUT2D eigenvalue weighted by Gasteiger charge is -2.17. The maximum absolute atomic E-state index is 11.4. The normalized spacial score (nSPS) is 22.8. The van der Waals surface area contributed by atoms with Gasteiger partial charge in [0.25, 0.3) is 0 Å². The minimum absolute atomic E-state index is 0.0207. The predicted octanol–water partition coefficient (Wildman–Crippen LogP) is 2.46. The van der Waals surface area contributed by atoms with Gasteiger partial charge in [-0.3, -0.25) is 9.69 Å². The van der Waals surface area contributed by atoms with Gasteiger partial charge >= 0.3 is 0 Å². The van der Waals surface area contributed by atoms with Crippen LogP contribution in [0.3, 0.4) is 0 Å². The molecule has 1 aliphatic rings. The summed E-state index contributed by atoms with van der Waals surface area (Å²) >= 11 is 0. The number of hydrogen-bond donors (Lipinski definition) is 1. The third-order valence-electron chi connectivity index (χ3n) is 3.67. The number of aryl methyl sites for hydroxylation is 1. The highest BCUT2D eigenvalue weighted by atomic mass is 16.3. The van der Waals surface area contributed by atoms with Crippen LogP contribution in [0.15, 0.2) is 28.2 Å². The topological polar surface area (TPSA) is 45.5 Å². The van der Waals surface area contributed by atoms with E-state index in [0.717, 1.165) is 31.2 Å². The fourth-order valence-corrected chi connectivity index (χ4v) is 2.69. The number of nitrogens with one attached hydrogen (secondary N) is 1. The van der Waals surface area contributed by atoms with Crippen LogP contribution >= 0.6 is 0 Å². The highest BCUT2D eigenvalue weighted by Gasteiger charge is 2.35. The average molecular weight is 276 g/mol. The molecule has 0 radical (unpaired) electrons. The fraction of sp³-hybridized carbons (Fsp3) is 0.562. The Hall–Kier alpha value is -1.55. The molecule has 0 bridgehead atoms. The Kier molecular flexibility index (Phi) is 4.65. The van der Waals surface area contributed by atoms with Crippen molar-refractivity contribution >= 4 is 5.91 Å². The Labute approximate surface area is 120 Å². The lowest BCUT2D eigenvalue weighted by atomic mass is 10.0. The molecule has 0 aliphatic carbocycles. The van der Waals surface area contributed by atoms with Crippen LogP contribution < -0.4 is 5.32 Å². The van der Waals surface area contributed by atoms with Gasteiger partial charge in [-0.2, -0.15) is 0 Å². The SMILES string of the molecule is CC(=O)N[C@H]1CN(CC=C(C)C)C[C@@H]1c1ccc(C)o1. The molecule has 0 saturated carbocycles. The molecule has 2 heterocycles. The van der Waals surface area contributed by atoms with Crippen molar-refractivity contribution in [1.82, 2.24) is 10.2 Å². The number of hydrogen-bond acceptors (Lipinski definition) is 3. The standard InChI is InChI=1S/C16H24N2O2/c1-11(2)7-8-18-9-14(15(10-18)17-13(4)19)16-6-5-12(3)20-16/h5-7,14-15H,8-10H2,1-4H3,(H,17,19)/t14-,15-/m0/s1. The minimum Gasteiger partial charge on any atom is -0.466 e. The second-order valence-electron chi connectivity index (χ2n) is 5.86. The Morgan fingerprint density at radius 2 is 2.15 bits per heavy atom. The van der Waals surface area contributed by atoms with Crippen LogP contribution in [0.2, 0.25) is 0 Å².